The molecule has 1 atom stereocenters. The molecule has 0 saturated heterocycles. The number of nitrogens with one attached hydrogen (secondary N) is 2. The van der Waals surface area contributed by atoms with Crippen molar-refractivity contribution >= 4 is 41.6 Å². The summed E-state index contributed by atoms with van der Waals surface area (Å²) < 4.78 is 6.26. The fourth-order valence-corrected chi connectivity index (χ4v) is 7.20. The topological polar surface area (TPSA) is 76.1 Å². The van der Waals surface area contributed by atoms with Crippen LogP contribution in [0.2, 0.25) is 18.1 Å². The number of amides is 1. The number of hydrogen-bond acceptors (Lipinski definition) is 6. The quantitative estimate of drug-likeness (QED) is 0.330. The van der Waals surface area contributed by atoms with Crippen molar-refractivity contribution in [3.63, 3.8) is 0 Å². The molecule has 2 aliphatic rings. The summed E-state index contributed by atoms with van der Waals surface area (Å²) in [6.45, 7) is 15.0. The summed E-state index contributed by atoms with van der Waals surface area (Å²) in [4.78, 5) is 24.7. The zero-order valence-electron chi connectivity index (χ0n) is 21.8. The highest BCUT2D eigenvalue weighted by molar-refractivity contribution is 7.19. The van der Waals surface area contributed by atoms with E-state index >= 15 is 0 Å². The number of anilines is 1. The first kappa shape index (κ1) is 25.6. The van der Waals surface area contributed by atoms with E-state index in [1.54, 1.807) is 17.7 Å². The standard InChI is InChI=1S/C26H42N4O2SSi/c1-17-8-10-18(11-9-17)30-23-22-21-19(12-13-20(21)33-25(22)29-16-28-23)24(31)27-14-7-15-32-34(5,6)26(2,3)4/h16-19H,7-15H2,1-6H3,(H,27,31)(H,28,29,30)/t17-,18-,19?. The second kappa shape index (κ2) is 10.2. The van der Waals surface area contributed by atoms with Gasteiger partial charge in [0.1, 0.15) is 17.0 Å². The van der Waals surface area contributed by atoms with Crippen LogP contribution in [0.4, 0.5) is 5.82 Å². The Bertz CT molecular complexity index is 1010. The van der Waals surface area contributed by atoms with E-state index in [-0.39, 0.29) is 16.9 Å². The number of rotatable bonds is 8. The van der Waals surface area contributed by atoms with Gasteiger partial charge in [-0.15, -0.1) is 11.3 Å². The van der Waals surface area contributed by atoms with E-state index < -0.39 is 8.32 Å². The van der Waals surface area contributed by atoms with Gasteiger partial charge in [-0.2, -0.15) is 0 Å². The van der Waals surface area contributed by atoms with E-state index in [0.29, 0.717) is 19.2 Å². The highest BCUT2D eigenvalue weighted by atomic mass is 32.1. The number of nitrogens with zero attached hydrogens (tertiary/aromatic N) is 2. The predicted molar refractivity (Wildman–Crippen MR) is 144 cm³/mol. The third kappa shape index (κ3) is 5.49. The molecule has 1 saturated carbocycles. The fourth-order valence-electron chi connectivity index (χ4n) is 4.89. The summed E-state index contributed by atoms with van der Waals surface area (Å²) in [7, 11) is -1.74. The lowest BCUT2D eigenvalue weighted by molar-refractivity contribution is -0.122. The number of fused-ring (bicyclic) bond motifs is 3. The van der Waals surface area contributed by atoms with Crippen molar-refractivity contribution in [3.05, 3.63) is 16.8 Å². The zero-order valence-corrected chi connectivity index (χ0v) is 23.6. The highest BCUT2D eigenvalue weighted by Crippen LogP contribution is 2.45. The van der Waals surface area contributed by atoms with Gasteiger partial charge >= 0.3 is 0 Å². The molecule has 6 nitrogen and oxygen atoms in total. The summed E-state index contributed by atoms with van der Waals surface area (Å²) in [5, 5.41) is 8.20. The van der Waals surface area contributed by atoms with Gasteiger partial charge in [-0.25, -0.2) is 9.97 Å². The molecule has 0 radical (unpaired) electrons. The number of aromatic nitrogens is 2. The Labute approximate surface area is 209 Å². The normalized spacial score (nSPS) is 23.2. The van der Waals surface area contributed by atoms with Gasteiger partial charge < -0.3 is 15.1 Å². The van der Waals surface area contributed by atoms with Crippen molar-refractivity contribution in [2.75, 3.05) is 18.5 Å². The number of carbonyl (C=O) groups excluding carboxylic acids is 1. The average Bonchev–Trinajstić information content (AvgIpc) is 3.33. The molecule has 0 aliphatic heterocycles. The second-order valence-electron chi connectivity index (χ2n) is 11.8. The van der Waals surface area contributed by atoms with Crippen LogP contribution in [0.5, 0.6) is 0 Å². The van der Waals surface area contributed by atoms with Gasteiger partial charge in [-0.05, 0) is 74.6 Å². The van der Waals surface area contributed by atoms with Gasteiger partial charge in [0.25, 0.3) is 0 Å². The molecular formula is C26H42N4O2SSi. The van der Waals surface area contributed by atoms with Crippen LogP contribution >= 0.6 is 11.3 Å². The maximum Gasteiger partial charge on any atom is 0.227 e. The van der Waals surface area contributed by atoms with E-state index in [0.717, 1.165) is 41.2 Å². The van der Waals surface area contributed by atoms with Crippen molar-refractivity contribution in [2.24, 2.45) is 5.92 Å². The van der Waals surface area contributed by atoms with Crippen molar-refractivity contribution in [1.82, 2.24) is 15.3 Å². The molecule has 8 heteroatoms. The molecule has 2 heterocycles. The van der Waals surface area contributed by atoms with Crippen LogP contribution in [0.3, 0.4) is 0 Å². The summed E-state index contributed by atoms with van der Waals surface area (Å²) in [6, 6.07) is 0.458. The van der Waals surface area contributed by atoms with Crippen molar-refractivity contribution in [1.29, 1.82) is 0 Å². The van der Waals surface area contributed by atoms with Gasteiger partial charge in [0, 0.05) is 24.1 Å². The van der Waals surface area contributed by atoms with Gasteiger partial charge in [0.2, 0.25) is 5.91 Å². The minimum Gasteiger partial charge on any atom is -0.417 e. The minimum absolute atomic E-state index is 0.108. The van der Waals surface area contributed by atoms with E-state index in [2.05, 4.69) is 61.4 Å². The lowest BCUT2D eigenvalue weighted by Crippen LogP contribution is -2.41. The van der Waals surface area contributed by atoms with Gasteiger partial charge in [0.15, 0.2) is 8.32 Å². The monoisotopic (exact) mass is 502 g/mol. The van der Waals surface area contributed by atoms with Crippen LogP contribution in [0.25, 0.3) is 10.2 Å². The number of aryl methyl sites for hydroxylation is 1. The molecule has 4 rings (SSSR count). The molecule has 2 aromatic heterocycles. The van der Waals surface area contributed by atoms with Crippen LogP contribution in [-0.4, -0.2) is 43.4 Å². The van der Waals surface area contributed by atoms with Gasteiger partial charge in [-0.3, -0.25) is 4.79 Å². The number of carbonyl (C=O) groups is 1. The van der Waals surface area contributed by atoms with Crippen LogP contribution < -0.4 is 10.6 Å². The molecule has 0 aromatic carbocycles. The lowest BCUT2D eigenvalue weighted by atomic mass is 9.87. The third-order valence-electron chi connectivity index (χ3n) is 8.17. The smallest absolute Gasteiger partial charge is 0.227 e. The molecule has 188 valence electrons. The Morgan fingerprint density at radius 1 is 1.18 bits per heavy atom. The molecule has 0 bridgehead atoms. The van der Waals surface area contributed by atoms with Crippen molar-refractivity contribution in [2.45, 2.75) is 103 Å². The van der Waals surface area contributed by atoms with Crippen LogP contribution in [0.15, 0.2) is 6.33 Å². The number of hydrogen-bond donors (Lipinski definition) is 2. The van der Waals surface area contributed by atoms with E-state index in [1.807, 2.05) is 0 Å². The first-order chi connectivity index (χ1) is 16.1. The summed E-state index contributed by atoms with van der Waals surface area (Å²) in [5.41, 5.74) is 1.17. The maximum absolute atomic E-state index is 13.2. The zero-order chi connectivity index (χ0) is 24.5. The predicted octanol–water partition coefficient (Wildman–Crippen LogP) is 6.24. The molecule has 0 spiro atoms. The van der Waals surface area contributed by atoms with Crippen LogP contribution in [-0.2, 0) is 15.6 Å². The Morgan fingerprint density at radius 2 is 1.91 bits per heavy atom. The SMILES string of the molecule is CC(C)(C)[Si](C)(C)OCCCNC(=O)C1CCc2sc3ncnc(N[C@H]4CC[C@H](C)CC4)c3c21. The first-order valence-electron chi connectivity index (χ1n) is 13.0. The molecule has 1 fully saturated rings. The lowest BCUT2D eigenvalue weighted by Gasteiger charge is -2.36. The molecular weight excluding hydrogens is 460 g/mol. The van der Waals surface area contributed by atoms with Gasteiger partial charge in [0.05, 0.1) is 11.3 Å². The Morgan fingerprint density at radius 3 is 2.62 bits per heavy atom. The summed E-state index contributed by atoms with van der Waals surface area (Å²) in [5.74, 6) is 1.76. The molecule has 1 amide bonds. The Balaban J connectivity index is 1.40. The van der Waals surface area contributed by atoms with Crippen molar-refractivity contribution in [3.8, 4) is 0 Å². The second-order valence-corrected chi connectivity index (χ2v) is 17.7. The van der Waals surface area contributed by atoms with Crippen LogP contribution in [0, 0.1) is 5.92 Å². The summed E-state index contributed by atoms with van der Waals surface area (Å²) >= 11 is 1.73. The van der Waals surface area contributed by atoms with Gasteiger partial charge in [-0.1, -0.05) is 27.7 Å². The molecule has 34 heavy (non-hydrogen) atoms. The van der Waals surface area contributed by atoms with Crippen molar-refractivity contribution < 1.29 is 9.22 Å². The third-order valence-corrected chi connectivity index (χ3v) is 13.9. The van der Waals surface area contributed by atoms with Crippen LogP contribution in [0.1, 0.15) is 82.6 Å². The Hall–Kier alpha value is -1.51. The summed E-state index contributed by atoms with van der Waals surface area (Å²) in [6.07, 6.45) is 9.22. The highest BCUT2D eigenvalue weighted by Gasteiger charge is 2.37. The van der Waals surface area contributed by atoms with E-state index in [4.69, 9.17) is 4.43 Å². The van der Waals surface area contributed by atoms with E-state index in [9.17, 15) is 4.79 Å². The number of thiophene rings is 1. The molecule has 2 N–H and O–H groups in total. The minimum atomic E-state index is -1.74. The average molecular weight is 503 g/mol. The maximum atomic E-state index is 13.2. The largest absolute Gasteiger partial charge is 0.417 e. The fraction of sp³-hybridized carbons (Fsp3) is 0.731. The molecule has 2 aromatic rings. The molecule has 1 unspecified atom stereocenters. The first-order valence-corrected chi connectivity index (χ1v) is 16.7. The molecule has 2 aliphatic carbocycles. The van der Waals surface area contributed by atoms with E-state index in [1.165, 1.54) is 36.1 Å². The Kier molecular flexibility index (Phi) is 7.70.